The van der Waals surface area contributed by atoms with E-state index in [1.165, 1.54) is 6.07 Å². The lowest BCUT2D eigenvalue weighted by Crippen LogP contribution is -2.33. The summed E-state index contributed by atoms with van der Waals surface area (Å²) in [6.07, 6.45) is 0.773. The van der Waals surface area contributed by atoms with Crippen LogP contribution in [0.2, 0.25) is 0 Å². The first-order valence-corrected chi connectivity index (χ1v) is 10.7. The van der Waals surface area contributed by atoms with E-state index in [-0.39, 0.29) is 17.0 Å². The molecular formula is C22H27FN2OS. The molecule has 0 spiro atoms. The van der Waals surface area contributed by atoms with Gasteiger partial charge in [0.05, 0.1) is 0 Å². The maximum absolute atomic E-state index is 14.1. The number of rotatable bonds is 5. The number of anilines is 1. The van der Waals surface area contributed by atoms with Gasteiger partial charge in [-0.3, -0.25) is 4.79 Å². The molecule has 1 atom stereocenters. The van der Waals surface area contributed by atoms with Gasteiger partial charge in [0.2, 0.25) is 0 Å². The van der Waals surface area contributed by atoms with E-state index in [0.29, 0.717) is 13.1 Å². The molecule has 1 fully saturated rings. The predicted octanol–water partition coefficient (Wildman–Crippen LogP) is 4.99. The Hall–Kier alpha value is -2.01. The molecule has 3 rings (SSSR count). The summed E-state index contributed by atoms with van der Waals surface area (Å²) in [5.41, 5.74) is 2.61. The van der Waals surface area contributed by atoms with Crippen molar-refractivity contribution in [1.29, 1.82) is 0 Å². The maximum atomic E-state index is 14.1. The molecule has 1 amide bonds. The highest BCUT2D eigenvalue weighted by Crippen LogP contribution is 2.35. The normalized spacial score (nSPS) is 17.4. The number of carbonyl (C=O) groups excluding carboxylic acids is 1. The van der Waals surface area contributed by atoms with Crippen LogP contribution in [0, 0.1) is 5.82 Å². The Morgan fingerprint density at radius 3 is 2.48 bits per heavy atom. The van der Waals surface area contributed by atoms with Crippen LogP contribution in [0.15, 0.2) is 48.5 Å². The smallest absolute Gasteiger partial charge is 0.253 e. The molecule has 0 aromatic heterocycles. The van der Waals surface area contributed by atoms with Crippen LogP contribution in [0.5, 0.6) is 0 Å². The highest BCUT2D eigenvalue weighted by atomic mass is 32.2. The molecule has 3 nitrogen and oxygen atoms in total. The average molecular weight is 387 g/mol. The fraction of sp³-hybridized carbons (Fsp3) is 0.409. The van der Waals surface area contributed by atoms with Gasteiger partial charge in [-0.1, -0.05) is 18.2 Å². The number of carbonyl (C=O) groups is 1. The van der Waals surface area contributed by atoms with Crippen molar-refractivity contribution in [3.63, 3.8) is 0 Å². The Balaban J connectivity index is 1.66. The molecule has 27 heavy (non-hydrogen) atoms. The summed E-state index contributed by atoms with van der Waals surface area (Å²) >= 11 is 1.74. The minimum absolute atomic E-state index is 0.0656. The zero-order chi connectivity index (χ0) is 19.2. The largest absolute Gasteiger partial charge is 0.372 e. The van der Waals surface area contributed by atoms with Crippen molar-refractivity contribution in [2.45, 2.75) is 25.5 Å². The first kappa shape index (κ1) is 19.7. The summed E-state index contributed by atoms with van der Waals surface area (Å²) in [5, 5.41) is 0.106. The maximum Gasteiger partial charge on any atom is 0.253 e. The molecule has 0 N–H and O–H groups in total. The monoisotopic (exact) mass is 386 g/mol. The number of nitrogens with zero attached hydrogens (tertiary/aromatic N) is 2. The van der Waals surface area contributed by atoms with Gasteiger partial charge in [-0.15, -0.1) is 0 Å². The van der Waals surface area contributed by atoms with Gasteiger partial charge in [0.15, 0.2) is 0 Å². The molecule has 5 heteroatoms. The van der Waals surface area contributed by atoms with Crippen LogP contribution in [0.25, 0.3) is 0 Å². The fourth-order valence-corrected chi connectivity index (χ4v) is 4.80. The molecule has 0 bridgehead atoms. The second kappa shape index (κ2) is 9.27. The van der Waals surface area contributed by atoms with Gasteiger partial charge < -0.3 is 9.80 Å². The van der Waals surface area contributed by atoms with Gasteiger partial charge in [-0.25, -0.2) is 4.39 Å². The van der Waals surface area contributed by atoms with Gasteiger partial charge in [0.1, 0.15) is 5.82 Å². The van der Waals surface area contributed by atoms with Crippen LogP contribution < -0.4 is 4.90 Å². The number of benzene rings is 2. The quantitative estimate of drug-likeness (QED) is 0.723. The number of amides is 1. The van der Waals surface area contributed by atoms with Crippen LogP contribution >= 0.6 is 11.8 Å². The minimum atomic E-state index is -0.151. The van der Waals surface area contributed by atoms with Gasteiger partial charge in [0.25, 0.3) is 5.91 Å². The first-order valence-electron chi connectivity index (χ1n) is 9.64. The minimum Gasteiger partial charge on any atom is -0.372 e. The molecule has 2 aromatic carbocycles. The topological polar surface area (TPSA) is 23.6 Å². The van der Waals surface area contributed by atoms with Crippen LogP contribution in [0.3, 0.4) is 0 Å². The SMILES string of the molecule is CCN(CC)c1ccc(C(=O)N2CCSC(c3ccccc3F)CC2)cc1. The van der Waals surface area contributed by atoms with Crippen molar-refractivity contribution in [2.24, 2.45) is 0 Å². The first-order chi connectivity index (χ1) is 13.1. The van der Waals surface area contributed by atoms with Crippen molar-refractivity contribution in [3.8, 4) is 0 Å². The van der Waals surface area contributed by atoms with Gasteiger partial charge in [0, 0.05) is 54.0 Å². The summed E-state index contributed by atoms with van der Waals surface area (Å²) in [6, 6.07) is 14.9. The summed E-state index contributed by atoms with van der Waals surface area (Å²) in [5.74, 6) is 0.736. The van der Waals surface area contributed by atoms with Crippen LogP contribution in [-0.4, -0.2) is 42.7 Å². The number of hydrogen-bond donors (Lipinski definition) is 0. The highest BCUT2D eigenvalue weighted by Gasteiger charge is 2.24. The van der Waals surface area contributed by atoms with Crippen molar-refractivity contribution >= 4 is 23.4 Å². The van der Waals surface area contributed by atoms with Crippen LogP contribution in [0.4, 0.5) is 10.1 Å². The van der Waals surface area contributed by atoms with E-state index < -0.39 is 0 Å². The Labute approximate surface area is 165 Å². The van der Waals surface area contributed by atoms with Crippen molar-refractivity contribution in [3.05, 3.63) is 65.5 Å². The fourth-order valence-electron chi connectivity index (χ4n) is 3.54. The Bertz CT molecular complexity index is 761. The number of halogens is 1. The third kappa shape index (κ3) is 4.64. The van der Waals surface area contributed by atoms with Crippen molar-refractivity contribution < 1.29 is 9.18 Å². The molecular weight excluding hydrogens is 359 g/mol. The Kier molecular flexibility index (Phi) is 6.78. The lowest BCUT2D eigenvalue weighted by atomic mass is 10.1. The van der Waals surface area contributed by atoms with E-state index in [9.17, 15) is 9.18 Å². The molecule has 1 unspecified atom stereocenters. The molecule has 1 heterocycles. The molecule has 144 valence electrons. The number of thioether (sulfide) groups is 1. The lowest BCUT2D eigenvalue weighted by molar-refractivity contribution is 0.0766. The van der Waals surface area contributed by atoms with E-state index in [4.69, 9.17) is 0 Å². The summed E-state index contributed by atoms with van der Waals surface area (Å²) in [4.78, 5) is 17.1. The molecule has 0 aliphatic carbocycles. The average Bonchev–Trinajstić information content (AvgIpc) is 2.95. The standard InChI is InChI=1S/C22H27FN2OS/c1-3-24(4-2)18-11-9-17(10-12-18)22(26)25-14-13-21(27-16-15-25)19-7-5-6-8-20(19)23/h5-12,21H,3-4,13-16H2,1-2H3. The van der Waals surface area contributed by atoms with E-state index in [1.807, 2.05) is 41.3 Å². The van der Waals surface area contributed by atoms with E-state index in [0.717, 1.165) is 42.1 Å². The molecule has 0 radical (unpaired) electrons. The second-order valence-corrected chi connectivity index (χ2v) is 7.99. The van der Waals surface area contributed by atoms with E-state index in [2.05, 4.69) is 18.7 Å². The summed E-state index contributed by atoms with van der Waals surface area (Å²) in [6.45, 7) is 7.51. The zero-order valence-electron chi connectivity index (χ0n) is 16.0. The van der Waals surface area contributed by atoms with Crippen molar-refractivity contribution in [1.82, 2.24) is 4.90 Å². The summed E-state index contributed by atoms with van der Waals surface area (Å²) < 4.78 is 14.1. The van der Waals surface area contributed by atoms with Crippen LogP contribution in [0.1, 0.15) is 41.4 Å². The van der Waals surface area contributed by atoms with Crippen LogP contribution in [-0.2, 0) is 0 Å². The molecule has 2 aromatic rings. The van der Waals surface area contributed by atoms with Gasteiger partial charge >= 0.3 is 0 Å². The third-order valence-corrected chi connectivity index (χ3v) is 6.43. The lowest BCUT2D eigenvalue weighted by Gasteiger charge is -2.23. The number of hydrogen-bond acceptors (Lipinski definition) is 3. The predicted molar refractivity (Wildman–Crippen MR) is 112 cm³/mol. The third-order valence-electron chi connectivity index (χ3n) is 5.12. The second-order valence-electron chi connectivity index (χ2n) is 6.68. The Morgan fingerprint density at radius 2 is 1.81 bits per heavy atom. The van der Waals surface area contributed by atoms with E-state index >= 15 is 0 Å². The molecule has 1 aliphatic rings. The Morgan fingerprint density at radius 1 is 1.11 bits per heavy atom. The summed E-state index contributed by atoms with van der Waals surface area (Å²) in [7, 11) is 0. The molecule has 0 saturated carbocycles. The zero-order valence-corrected chi connectivity index (χ0v) is 16.8. The van der Waals surface area contributed by atoms with Gasteiger partial charge in [-0.2, -0.15) is 11.8 Å². The van der Waals surface area contributed by atoms with Crippen molar-refractivity contribution in [2.75, 3.05) is 36.8 Å². The molecule has 1 saturated heterocycles. The van der Waals surface area contributed by atoms with E-state index in [1.54, 1.807) is 17.8 Å². The molecule has 1 aliphatic heterocycles. The van der Waals surface area contributed by atoms with Gasteiger partial charge in [-0.05, 0) is 50.6 Å². The highest BCUT2D eigenvalue weighted by molar-refractivity contribution is 7.99.